The summed E-state index contributed by atoms with van der Waals surface area (Å²) in [4.78, 5) is 23.1. The van der Waals surface area contributed by atoms with Crippen molar-refractivity contribution in [2.75, 3.05) is 0 Å². The summed E-state index contributed by atoms with van der Waals surface area (Å²) in [7, 11) is 0. The number of para-hydroxylation sites is 1. The van der Waals surface area contributed by atoms with Gasteiger partial charge < -0.3 is 14.4 Å². The maximum atomic E-state index is 11.9. The van der Waals surface area contributed by atoms with Crippen LogP contribution >= 0.6 is 0 Å². The predicted molar refractivity (Wildman–Crippen MR) is 151 cm³/mol. The van der Waals surface area contributed by atoms with Gasteiger partial charge in [-0.2, -0.15) is 15.0 Å². The number of benzene rings is 3. The van der Waals surface area contributed by atoms with Gasteiger partial charge in [0, 0.05) is 24.4 Å². The van der Waals surface area contributed by atoms with Crippen LogP contribution in [0.4, 0.5) is 0 Å². The zero-order chi connectivity index (χ0) is 27.7. The standard InChI is InChI=1S/C31H28N6O3/c1-31(2,30(38)39)18-29-35-27-17-25(40-20-23-10-9-22-5-3-4-6-26(22)34-23)13-14-28(27)36(29)19-21-7-11-24(12-8-21)37-32-15-16-33-37/h3-17H,18-20H2,1-2H3,(H,38,39). The van der Waals surface area contributed by atoms with Gasteiger partial charge in [0.1, 0.15) is 18.2 Å². The minimum Gasteiger partial charge on any atom is -0.487 e. The highest BCUT2D eigenvalue weighted by molar-refractivity contribution is 5.79. The van der Waals surface area contributed by atoms with E-state index in [1.54, 1.807) is 31.0 Å². The largest absolute Gasteiger partial charge is 0.487 e. The Morgan fingerprint density at radius 1 is 0.900 bits per heavy atom. The first-order valence-electron chi connectivity index (χ1n) is 13.0. The van der Waals surface area contributed by atoms with Gasteiger partial charge in [-0.1, -0.05) is 36.4 Å². The molecule has 6 rings (SSSR count). The molecule has 0 radical (unpaired) electrons. The lowest BCUT2D eigenvalue weighted by Crippen LogP contribution is -2.27. The molecule has 0 saturated carbocycles. The van der Waals surface area contributed by atoms with Crippen molar-refractivity contribution < 1.29 is 14.6 Å². The van der Waals surface area contributed by atoms with Crippen LogP contribution in [-0.4, -0.2) is 40.6 Å². The molecule has 1 N–H and O–H groups in total. The zero-order valence-corrected chi connectivity index (χ0v) is 22.2. The van der Waals surface area contributed by atoms with Gasteiger partial charge in [0.2, 0.25) is 0 Å². The lowest BCUT2D eigenvalue weighted by molar-refractivity contribution is -0.146. The summed E-state index contributed by atoms with van der Waals surface area (Å²) in [6.45, 7) is 4.30. The van der Waals surface area contributed by atoms with Gasteiger partial charge in [-0.3, -0.25) is 4.79 Å². The van der Waals surface area contributed by atoms with Crippen LogP contribution in [0, 0.1) is 5.41 Å². The van der Waals surface area contributed by atoms with E-state index in [2.05, 4.69) is 19.7 Å². The van der Waals surface area contributed by atoms with Crippen LogP contribution in [0.5, 0.6) is 5.75 Å². The van der Waals surface area contributed by atoms with Crippen LogP contribution in [0.1, 0.15) is 30.9 Å². The molecule has 200 valence electrons. The fourth-order valence-corrected chi connectivity index (χ4v) is 4.64. The average molecular weight is 533 g/mol. The van der Waals surface area contributed by atoms with E-state index >= 15 is 0 Å². The number of fused-ring (bicyclic) bond motifs is 2. The molecule has 0 spiro atoms. The number of carboxylic acid groups (broad SMARTS) is 1. The highest BCUT2D eigenvalue weighted by Gasteiger charge is 2.30. The molecule has 0 atom stereocenters. The van der Waals surface area contributed by atoms with Crippen LogP contribution < -0.4 is 4.74 Å². The summed E-state index contributed by atoms with van der Waals surface area (Å²) in [5.41, 5.74) is 4.35. The molecular weight excluding hydrogens is 504 g/mol. The molecule has 0 fully saturated rings. The van der Waals surface area contributed by atoms with E-state index in [0.29, 0.717) is 24.7 Å². The van der Waals surface area contributed by atoms with Crippen molar-refractivity contribution >= 4 is 27.9 Å². The second-order valence-corrected chi connectivity index (χ2v) is 10.4. The smallest absolute Gasteiger partial charge is 0.309 e. The molecule has 3 heterocycles. The van der Waals surface area contributed by atoms with Crippen LogP contribution in [-0.2, 0) is 24.4 Å². The SMILES string of the molecule is CC(C)(Cc1nc2cc(OCc3ccc4ccccc4n3)ccc2n1Cc1ccc(-n2nccn2)cc1)C(=O)O. The summed E-state index contributed by atoms with van der Waals surface area (Å²) in [6, 6.07) is 25.7. The molecule has 0 amide bonds. The highest BCUT2D eigenvalue weighted by atomic mass is 16.5. The van der Waals surface area contributed by atoms with Gasteiger partial charge in [0.25, 0.3) is 0 Å². The molecule has 9 nitrogen and oxygen atoms in total. The highest BCUT2D eigenvalue weighted by Crippen LogP contribution is 2.28. The van der Waals surface area contributed by atoms with E-state index in [4.69, 9.17) is 9.72 Å². The third-order valence-electron chi connectivity index (χ3n) is 6.95. The Morgan fingerprint density at radius 2 is 1.68 bits per heavy atom. The molecule has 40 heavy (non-hydrogen) atoms. The quantitative estimate of drug-likeness (QED) is 0.264. The molecule has 0 bridgehead atoms. The van der Waals surface area contributed by atoms with E-state index in [9.17, 15) is 9.90 Å². The third-order valence-corrected chi connectivity index (χ3v) is 6.95. The minimum absolute atomic E-state index is 0.281. The van der Waals surface area contributed by atoms with Crippen LogP contribution in [0.2, 0.25) is 0 Å². The molecule has 3 aromatic heterocycles. The first-order valence-corrected chi connectivity index (χ1v) is 13.0. The summed E-state index contributed by atoms with van der Waals surface area (Å²) in [5.74, 6) is 0.509. The lowest BCUT2D eigenvalue weighted by atomic mass is 9.89. The number of carbonyl (C=O) groups is 1. The van der Waals surface area contributed by atoms with Crippen LogP contribution in [0.3, 0.4) is 0 Å². The molecular formula is C31H28N6O3. The van der Waals surface area contributed by atoms with Gasteiger partial charge >= 0.3 is 5.97 Å². The fourth-order valence-electron chi connectivity index (χ4n) is 4.64. The Balaban J connectivity index is 1.29. The number of hydrogen-bond acceptors (Lipinski definition) is 6. The lowest BCUT2D eigenvalue weighted by Gasteiger charge is -2.19. The maximum absolute atomic E-state index is 11.9. The van der Waals surface area contributed by atoms with Crippen molar-refractivity contribution in [1.29, 1.82) is 0 Å². The Kier molecular flexibility index (Phi) is 6.47. The number of aromatic nitrogens is 6. The Labute approximate surface area is 230 Å². The van der Waals surface area contributed by atoms with E-state index < -0.39 is 11.4 Å². The number of ether oxygens (including phenoxy) is 1. The number of rotatable bonds is 9. The number of imidazole rings is 1. The number of carboxylic acids is 1. The van der Waals surface area contributed by atoms with Gasteiger partial charge in [0.15, 0.2) is 0 Å². The summed E-state index contributed by atoms with van der Waals surface area (Å²) in [6.07, 6.45) is 3.56. The minimum atomic E-state index is -0.976. The number of aliphatic carboxylic acids is 1. The Morgan fingerprint density at radius 3 is 2.45 bits per heavy atom. The van der Waals surface area contributed by atoms with Crippen molar-refractivity contribution in [1.82, 2.24) is 29.5 Å². The first-order chi connectivity index (χ1) is 19.4. The molecule has 0 unspecified atom stereocenters. The van der Waals surface area contributed by atoms with E-state index in [0.717, 1.165) is 38.9 Å². The number of hydrogen-bond donors (Lipinski definition) is 1. The van der Waals surface area contributed by atoms with Crippen molar-refractivity contribution in [2.45, 2.75) is 33.4 Å². The topological polar surface area (TPSA) is 108 Å². The first kappa shape index (κ1) is 25.2. The third kappa shape index (κ3) is 5.13. The molecule has 0 saturated heterocycles. The van der Waals surface area contributed by atoms with Gasteiger partial charge in [-0.05, 0) is 55.8 Å². The van der Waals surface area contributed by atoms with Crippen molar-refractivity contribution in [3.05, 3.63) is 108 Å². The van der Waals surface area contributed by atoms with E-state index in [1.165, 1.54) is 0 Å². The molecule has 9 heteroatoms. The summed E-state index contributed by atoms with van der Waals surface area (Å²) >= 11 is 0. The second kappa shape index (κ2) is 10.3. The average Bonchev–Trinajstić information content (AvgIpc) is 3.60. The second-order valence-electron chi connectivity index (χ2n) is 10.4. The van der Waals surface area contributed by atoms with Gasteiger partial charge in [-0.15, -0.1) is 0 Å². The van der Waals surface area contributed by atoms with Gasteiger partial charge in [0.05, 0.1) is 45.7 Å². The fraction of sp³-hybridized carbons (Fsp3) is 0.194. The number of nitrogens with zero attached hydrogens (tertiary/aromatic N) is 6. The zero-order valence-electron chi connectivity index (χ0n) is 22.2. The Bertz CT molecular complexity index is 1810. The summed E-state index contributed by atoms with van der Waals surface area (Å²) in [5, 5.41) is 19.2. The number of pyridine rings is 1. The molecule has 3 aromatic carbocycles. The van der Waals surface area contributed by atoms with Crippen molar-refractivity contribution in [2.24, 2.45) is 5.41 Å². The molecule has 0 aliphatic rings. The van der Waals surface area contributed by atoms with Crippen LogP contribution in [0.15, 0.2) is 91.3 Å². The molecule has 0 aliphatic carbocycles. The monoisotopic (exact) mass is 532 g/mol. The molecule has 6 aromatic rings. The molecule has 0 aliphatic heterocycles. The maximum Gasteiger partial charge on any atom is 0.309 e. The summed E-state index contributed by atoms with van der Waals surface area (Å²) < 4.78 is 8.16. The Hall–Kier alpha value is -5.05. The van der Waals surface area contributed by atoms with Gasteiger partial charge in [-0.25, -0.2) is 9.97 Å². The normalized spacial score (nSPS) is 11.8. The van der Waals surface area contributed by atoms with E-state index in [-0.39, 0.29) is 6.42 Å². The van der Waals surface area contributed by atoms with Crippen molar-refractivity contribution in [3.8, 4) is 11.4 Å². The van der Waals surface area contributed by atoms with E-state index in [1.807, 2.05) is 78.9 Å². The predicted octanol–water partition coefficient (Wildman–Crippen LogP) is 5.45. The van der Waals surface area contributed by atoms with Crippen molar-refractivity contribution in [3.63, 3.8) is 0 Å². The van der Waals surface area contributed by atoms with Crippen LogP contribution in [0.25, 0.3) is 27.6 Å².